The van der Waals surface area contributed by atoms with Crippen molar-refractivity contribution in [1.82, 2.24) is 4.90 Å². The fourth-order valence-electron chi connectivity index (χ4n) is 2.72. The molecule has 110 valence electrons. The van der Waals surface area contributed by atoms with Gasteiger partial charge in [-0.3, -0.25) is 4.79 Å². The lowest BCUT2D eigenvalue weighted by Gasteiger charge is -2.38. The van der Waals surface area contributed by atoms with Gasteiger partial charge in [0.25, 0.3) is 0 Å². The number of carbonyl (C=O) groups excluding carboxylic acids is 1. The monoisotopic (exact) mass is 279 g/mol. The second kappa shape index (κ2) is 6.84. The summed E-state index contributed by atoms with van der Waals surface area (Å²) in [6.07, 6.45) is 2.13. The van der Waals surface area contributed by atoms with Gasteiger partial charge in [0.2, 0.25) is 5.91 Å². The number of amides is 1. The van der Waals surface area contributed by atoms with Crippen LogP contribution < -0.4 is 0 Å². The van der Waals surface area contributed by atoms with Gasteiger partial charge >= 0.3 is 0 Å². The van der Waals surface area contributed by atoms with E-state index in [9.17, 15) is 9.18 Å². The van der Waals surface area contributed by atoms with E-state index in [2.05, 4.69) is 0 Å². The summed E-state index contributed by atoms with van der Waals surface area (Å²) in [6, 6.07) is 6.78. The predicted molar refractivity (Wildman–Crippen MR) is 75.9 cm³/mol. The standard InChI is InChI=1S/C16H22FNO2/c1-12-10-20-11-13(2)18(12)16(19)5-3-4-14-6-8-15(17)9-7-14/h6-9,12-13H,3-5,10-11H2,1-2H3. The van der Waals surface area contributed by atoms with Gasteiger partial charge in [-0.25, -0.2) is 4.39 Å². The minimum absolute atomic E-state index is 0.150. The van der Waals surface area contributed by atoms with Crippen LogP contribution in [0.5, 0.6) is 0 Å². The summed E-state index contributed by atoms with van der Waals surface area (Å²) < 4.78 is 18.2. The first-order chi connectivity index (χ1) is 9.58. The number of halogens is 1. The van der Waals surface area contributed by atoms with Crippen molar-refractivity contribution >= 4 is 5.91 Å². The Bertz CT molecular complexity index is 436. The first kappa shape index (κ1) is 15.0. The Kier molecular flexibility index (Phi) is 5.12. The summed E-state index contributed by atoms with van der Waals surface area (Å²) in [5.41, 5.74) is 1.07. The molecule has 1 amide bonds. The van der Waals surface area contributed by atoms with Crippen molar-refractivity contribution in [1.29, 1.82) is 0 Å². The lowest BCUT2D eigenvalue weighted by molar-refractivity contribution is -0.144. The van der Waals surface area contributed by atoms with Gasteiger partial charge in [-0.2, -0.15) is 0 Å². The Morgan fingerprint density at radius 3 is 2.45 bits per heavy atom. The van der Waals surface area contributed by atoms with E-state index in [-0.39, 0.29) is 23.8 Å². The molecule has 0 spiro atoms. The molecule has 1 aromatic carbocycles. The third-order valence-electron chi connectivity index (χ3n) is 3.73. The van der Waals surface area contributed by atoms with Gasteiger partial charge in [-0.1, -0.05) is 12.1 Å². The van der Waals surface area contributed by atoms with Crippen molar-refractivity contribution < 1.29 is 13.9 Å². The van der Waals surface area contributed by atoms with Gasteiger partial charge in [0.15, 0.2) is 0 Å². The van der Waals surface area contributed by atoms with Crippen LogP contribution in [0, 0.1) is 5.82 Å². The minimum Gasteiger partial charge on any atom is -0.377 e. The summed E-state index contributed by atoms with van der Waals surface area (Å²) in [4.78, 5) is 14.2. The second-order valence-electron chi connectivity index (χ2n) is 5.52. The number of morpholine rings is 1. The highest BCUT2D eigenvalue weighted by molar-refractivity contribution is 5.77. The Morgan fingerprint density at radius 2 is 1.85 bits per heavy atom. The highest BCUT2D eigenvalue weighted by Gasteiger charge is 2.28. The van der Waals surface area contributed by atoms with Crippen LogP contribution in [0.4, 0.5) is 4.39 Å². The van der Waals surface area contributed by atoms with Crippen molar-refractivity contribution in [3.63, 3.8) is 0 Å². The molecule has 1 aliphatic rings. The quantitative estimate of drug-likeness (QED) is 0.848. The predicted octanol–water partition coefficient (Wildman–Crippen LogP) is 2.78. The maximum Gasteiger partial charge on any atom is 0.223 e. The molecule has 1 heterocycles. The minimum atomic E-state index is -0.221. The number of hydrogen-bond acceptors (Lipinski definition) is 2. The Balaban J connectivity index is 1.81. The highest BCUT2D eigenvalue weighted by atomic mass is 19.1. The van der Waals surface area contributed by atoms with Crippen LogP contribution in [0.15, 0.2) is 24.3 Å². The van der Waals surface area contributed by atoms with Crippen molar-refractivity contribution in [2.24, 2.45) is 0 Å². The van der Waals surface area contributed by atoms with E-state index < -0.39 is 0 Å². The van der Waals surface area contributed by atoms with E-state index in [1.165, 1.54) is 12.1 Å². The van der Waals surface area contributed by atoms with E-state index in [0.717, 1.165) is 18.4 Å². The van der Waals surface area contributed by atoms with Crippen LogP contribution in [-0.2, 0) is 16.0 Å². The van der Waals surface area contributed by atoms with Gasteiger partial charge < -0.3 is 9.64 Å². The third kappa shape index (κ3) is 3.79. The summed E-state index contributed by atoms with van der Waals surface area (Å²) in [5.74, 6) is -0.0313. The molecule has 1 aromatic rings. The first-order valence-electron chi connectivity index (χ1n) is 7.21. The maximum atomic E-state index is 12.8. The van der Waals surface area contributed by atoms with Gasteiger partial charge in [-0.15, -0.1) is 0 Å². The number of carbonyl (C=O) groups is 1. The largest absolute Gasteiger partial charge is 0.377 e. The summed E-state index contributed by atoms with van der Waals surface area (Å²) in [5, 5.41) is 0. The average molecular weight is 279 g/mol. The van der Waals surface area contributed by atoms with Crippen molar-refractivity contribution in [2.75, 3.05) is 13.2 Å². The van der Waals surface area contributed by atoms with Crippen molar-refractivity contribution in [2.45, 2.75) is 45.2 Å². The van der Waals surface area contributed by atoms with Gasteiger partial charge in [0.1, 0.15) is 5.82 Å². The Morgan fingerprint density at radius 1 is 1.25 bits per heavy atom. The molecule has 0 radical (unpaired) electrons. The normalized spacial score (nSPS) is 22.9. The lowest BCUT2D eigenvalue weighted by atomic mass is 10.1. The number of rotatable bonds is 4. The zero-order valence-electron chi connectivity index (χ0n) is 12.1. The number of benzene rings is 1. The molecule has 2 atom stereocenters. The molecule has 0 aromatic heterocycles. The molecular weight excluding hydrogens is 257 g/mol. The summed E-state index contributed by atoms with van der Waals surface area (Å²) in [7, 11) is 0. The van der Waals surface area contributed by atoms with Crippen LogP contribution in [0.2, 0.25) is 0 Å². The van der Waals surface area contributed by atoms with Crippen LogP contribution in [0.1, 0.15) is 32.3 Å². The van der Waals surface area contributed by atoms with Crippen LogP contribution in [-0.4, -0.2) is 36.1 Å². The number of ether oxygens (including phenoxy) is 1. The zero-order chi connectivity index (χ0) is 14.5. The smallest absolute Gasteiger partial charge is 0.223 e. The van der Waals surface area contributed by atoms with Crippen molar-refractivity contribution in [3.05, 3.63) is 35.6 Å². The van der Waals surface area contributed by atoms with E-state index in [0.29, 0.717) is 19.6 Å². The summed E-state index contributed by atoms with van der Waals surface area (Å²) in [6.45, 7) is 5.28. The molecule has 0 N–H and O–H groups in total. The molecule has 0 aliphatic carbocycles. The Hall–Kier alpha value is -1.42. The van der Waals surface area contributed by atoms with Crippen LogP contribution in [0.3, 0.4) is 0 Å². The van der Waals surface area contributed by atoms with E-state index >= 15 is 0 Å². The molecular formula is C16H22FNO2. The molecule has 0 bridgehead atoms. The molecule has 1 saturated heterocycles. The first-order valence-corrected chi connectivity index (χ1v) is 7.21. The molecule has 3 nitrogen and oxygen atoms in total. The summed E-state index contributed by atoms with van der Waals surface area (Å²) >= 11 is 0. The molecule has 2 unspecified atom stereocenters. The van der Waals surface area contributed by atoms with Gasteiger partial charge in [0.05, 0.1) is 25.3 Å². The molecule has 1 fully saturated rings. The molecule has 20 heavy (non-hydrogen) atoms. The number of aryl methyl sites for hydroxylation is 1. The topological polar surface area (TPSA) is 29.5 Å². The molecule has 0 saturated carbocycles. The van der Waals surface area contributed by atoms with E-state index in [1.54, 1.807) is 12.1 Å². The second-order valence-corrected chi connectivity index (χ2v) is 5.52. The SMILES string of the molecule is CC1COCC(C)N1C(=O)CCCc1ccc(F)cc1. The van der Waals surface area contributed by atoms with Crippen LogP contribution in [0.25, 0.3) is 0 Å². The number of nitrogens with zero attached hydrogens (tertiary/aromatic N) is 1. The lowest BCUT2D eigenvalue weighted by Crippen LogP contribution is -2.52. The molecule has 4 heteroatoms. The maximum absolute atomic E-state index is 12.8. The molecule has 2 rings (SSSR count). The van der Waals surface area contributed by atoms with E-state index in [1.807, 2.05) is 18.7 Å². The van der Waals surface area contributed by atoms with Gasteiger partial charge in [0, 0.05) is 6.42 Å². The van der Waals surface area contributed by atoms with E-state index in [4.69, 9.17) is 4.74 Å². The fourth-order valence-corrected chi connectivity index (χ4v) is 2.72. The fraction of sp³-hybridized carbons (Fsp3) is 0.562. The highest BCUT2D eigenvalue weighted by Crippen LogP contribution is 2.16. The van der Waals surface area contributed by atoms with Gasteiger partial charge in [-0.05, 0) is 44.4 Å². The number of hydrogen-bond donors (Lipinski definition) is 0. The zero-order valence-corrected chi connectivity index (χ0v) is 12.1. The molecule has 1 aliphatic heterocycles. The average Bonchev–Trinajstić information content (AvgIpc) is 2.41. The van der Waals surface area contributed by atoms with Crippen molar-refractivity contribution in [3.8, 4) is 0 Å². The Labute approximate surface area is 119 Å². The third-order valence-corrected chi connectivity index (χ3v) is 3.73. The van der Waals surface area contributed by atoms with Crippen LogP contribution >= 0.6 is 0 Å².